The Morgan fingerprint density at radius 1 is 1.00 bits per heavy atom. The second-order valence-corrected chi connectivity index (χ2v) is 4.68. The summed E-state index contributed by atoms with van der Waals surface area (Å²) in [4.78, 5) is 0. The van der Waals surface area contributed by atoms with Crippen LogP contribution in [0.4, 0.5) is 0 Å². The quantitative estimate of drug-likeness (QED) is 0.637. The third-order valence-corrected chi connectivity index (χ3v) is 3.53. The lowest BCUT2D eigenvalue weighted by atomic mass is 9.38. The Morgan fingerprint density at radius 3 is 2.08 bits per heavy atom. The van der Waals surface area contributed by atoms with Crippen molar-refractivity contribution in [1.29, 1.82) is 0 Å². The van der Waals surface area contributed by atoms with Gasteiger partial charge in [-0.25, -0.2) is 0 Å². The fourth-order valence-corrected chi connectivity index (χ4v) is 3.10. The van der Waals surface area contributed by atoms with Gasteiger partial charge in [-0.1, -0.05) is 30.3 Å². The van der Waals surface area contributed by atoms with Crippen molar-refractivity contribution >= 4 is 0 Å². The lowest BCUT2D eigenvalue weighted by Crippen LogP contribution is -2.90. The van der Waals surface area contributed by atoms with Gasteiger partial charge in [0, 0.05) is 24.7 Å². The van der Waals surface area contributed by atoms with E-state index in [0.29, 0.717) is 11.0 Å². The first-order valence-electron chi connectivity index (χ1n) is 4.64. The normalized spacial score (nSPS) is 43.1. The standard InChI is InChI=1S/C11H13N/c12-11-6-10(7-11,8-11)9-4-2-1-3-5-9/h1-5H,6-8,12H2/p+1. The number of rotatable bonds is 1. The first-order valence-corrected chi connectivity index (χ1v) is 4.64. The number of quaternary nitrogens is 1. The van der Waals surface area contributed by atoms with Crippen LogP contribution >= 0.6 is 0 Å². The van der Waals surface area contributed by atoms with Crippen LogP contribution in [0.3, 0.4) is 0 Å². The second kappa shape index (κ2) is 1.74. The van der Waals surface area contributed by atoms with Gasteiger partial charge in [-0.15, -0.1) is 0 Å². The summed E-state index contributed by atoms with van der Waals surface area (Å²) in [5, 5.41) is 0. The van der Waals surface area contributed by atoms with Crippen molar-refractivity contribution in [2.75, 3.05) is 0 Å². The van der Waals surface area contributed by atoms with E-state index in [0.717, 1.165) is 0 Å². The van der Waals surface area contributed by atoms with Crippen LogP contribution in [0.15, 0.2) is 30.3 Å². The first-order chi connectivity index (χ1) is 5.73. The van der Waals surface area contributed by atoms with Crippen LogP contribution in [0.2, 0.25) is 0 Å². The zero-order valence-electron chi connectivity index (χ0n) is 7.22. The largest absolute Gasteiger partial charge is 0.353 e. The molecule has 0 unspecified atom stereocenters. The Kier molecular flexibility index (Phi) is 0.969. The van der Waals surface area contributed by atoms with E-state index in [4.69, 9.17) is 0 Å². The van der Waals surface area contributed by atoms with Crippen molar-refractivity contribution in [3.05, 3.63) is 35.9 Å². The Balaban J connectivity index is 1.94. The third kappa shape index (κ3) is 0.632. The molecule has 3 saturated carbocycles. The molecule has 1 aromatic rings. The van der Waals surface area contributed by atoms with Crippen LogP contribution in [0.5, 0.6) is 0 Å². The van der Waals surface area contributed by atoms with E-state index in [-0.39, 0.29) is 0 Å². The van der Waals surface area contributed by atoms with Crippen LogP contribution in [-0.2, 0) is 5.41 Å². The molecule has 0 spiro atoms. The van der Waals surface area contributed by atoms with Gasteiger partial charge in [0.2, 0.25) is 0 Å². The Bertz CT molecular complexity index is 295. The van der Waals surface area contributed by atoms with Crippen molar-refractivity contribution < 1.29 is 5.73 Å². The van der Waals surface area contributed by atoms with E-state index in [1.54, 1.807) is 0 Å². The van der Waals surface area contributed by atoms with Crippen LogP contribution in [0.25, 0.3) is 0 Å². The van der Waals surface area contributed by atoms with Gasteiger partial charge in [-0.2, -0.15) is 0 Å². The molecule has 0 saturated heterocycles. The Labute approximate surface area is 72.6 Å². The van der Waals surface area contributed by atoms with Gasteiger partial charge in [-0.3, -0.25) is 0 Å². The van der Waals surface area contributed by atoms with Crippen LogP contribution < -0.4 is 5.73 Å². The Morgan fingerprint density at radius 2 is 1.58 bits per heavy atom. The highest BCUT2D eigenvalue weighted by molar-refractivity contribution is 5.39. The minimum absolute atomic E-state index is 0.482. The predicted molar refractivity (Wildman–Crippen MR) is 47.6 cm³/mol. The van der Waals surface area contributed by atoms with Gasteiger partial charge in [0.15, 0.2) is 0 Å². The average molecular weight is 160 g/mol. The van der Waals surface area contributed by atoms with Crippen LogP contribution in [-0.4, -0.2) is 5.54 Å². The summed E-state index contributed by atoms with van der Waals surface area (Å²) in [6.07, 6.45) is 3.97. The topological polar surface area (TPSA) is 27.6 Å². The van der Waals surface area contributed by atoms with E-state index in [9.17, 15) is 0 Å². The fraction of sp³-hybridized carbons (Fsp3) is 0.455. The summed E-state index contributed by atoms with van der Waals surface area (Å²) in [6.45, 7) is 0. The number of benzene rings is 1. The van der Waals surface area contributed by atoms with E-state index >= 15 is 0 Å². The van der Waals surface area contributed by atoms with E-state index in [2.05, 4.69) is 36.1 Å². The van der Waals surface area contributed by atoms with E-state index in [1.807, 2.05) is 0 Å². The zero-order chi connectivity index (χ0) is 8.23. The maximum atomic E-state index is 4.21. The molecule has 3 fully saturated rings. The highest BCUT2D eigenvalue weighted by Crippen LogP contribution is 2.65. The van der Waals surface area contributed by atoms with Gasteiger partial charge in [0.25, 0.3) is 0 Å². The summed E-state index contributed by atoms with van der Waals surface area (Å²) in [6, 6.07) is 10.9. The molecule has 0 aliphatic heterocycles. The molecule has 0 aromatic heterocycles. The molecule has 0 heterocycles. The first kappa shape index (κ1) is 6.67. The minimum Gasteiger partial charge on any atom is -0.353 e. The molecule has 12 heavy (non-hydrogen) atoms. The zero-order valence-corrected chi connectivity index (χ0v) is 7.22. The monoisotopic (exact) mass is 160 g/mol. The molecule has 62 valence electrons. The summed E-state index contributed by atoms with van der Waals surface area (Å²) in [5.41, 5.74) is 6.79. The van der Waals surface area contributed by atoms with Crippen molar-refractivity contribution in [3.63, 3.8) is 0 Å². The fourth-order valence-electron chi connectivity index (χ4n) is 3.10. The van der Waals surface area contributed by atoms with Crippen LogP contribution in [0.1, 0.15) is 24.8 Å². The summed E-state index contributed by atoms with van der Waals surface area (Å²) in [5.74, 6) is 0. The molecule has 1 nitrogen and oxygen atoms in total. The minimum atomic E-state index is 0.482. The highest BCUT2D eigenvalue weighted by atomic mass is 14.9. The smallest absolute Gasteiger partial charge is 0.0971 e. The molecule has 1 aromatic carbocycles. The lowest BCUT2D eigenvalue weighted by Gasteiger charge is -2.66. The maximum Gasteiger partial charge on any atom is 0.0971 e. The molecule has 3 N–H and O–H groups in total. The lowest BCUT2D eigenvalue weighted by molar-refractivity contribution is -0.555. The summed E-state index contributed by atoms with van der Waals surface area (Å²) in [7, 11) is 0. The third-order valence-electron chi connectivity index (χ3n) is 3.53. The maximum absolute atomic E-state index is 4.21. The van der Waals surface area contributed by atoms with Gasteiger partial charge in [-0.05, 0) is 5.56 Å². The number of hydrogen-bond donors (Lipinski definition) is 1. The SMILES string of the molecule is [NH3+]C12CC(c3ccccc3)(C1)C2. The molecule has 2 bridgehead atoms. The average Bonchev–Trinajstić information content (AvgIpc) is 1.99. The molecule has 3 aliphatic carbocycles. The molecular weight excluding hydrogens is 146 g/mol. The van der Waals surface area contributed by atoms with Crippen molar-refractivity contribution in [2.24, 2.45) is 0 Å². The molecule has 3 aliphatic rings. The van der Waals surface area contributed by atoms with Crippen molar-refractivity contribution in [1.82, 2.24) is 0 Å². The molecule has 0 atom stereocenters. The molecule has 0 amide bonds. The van der Waals surface area contributed by atoms with Crippen LogP contribution in [0, 0.1) is 0 Å². The summed E-state index contributed by atoms with van der Waals surface area (Å²) < 4.78 is 0. The molecule has 4 rings (SSSR count). The Hall–Kier alpha value is -0.820. The van der Waals surface area contributed by atoms with E-state index in [1.165, 1.54) is 24.8 Å². The van der Waals surface area contributed by atoms with Crippen molar-refractivity contribution in [3.8, 4) is 0 Å². The van der Waals surface area contributed by atoms with Gasteiger partial charge < -0.3 is 5.73 Å². The summed E-state index contributed by atoms with van der Waals surface area (Å²) >= 11 is 0. The van der Waals surface area contributed by atoms with E-state index < -0.39 is 0 Å². The second-order valence-electron chi connectivity index (χ2n) is 4.68. The van der Waals surface area contributed by atoms with Gasteiger partial charge >= 0.3 is 0 Å². The van der Waals surface area contributed by atoms with Crippen molar-refractivity contribution in [2.45, 2.75) is 30.2 Å². The highest BCUT2D eigenvalue weighted by Gasteiger charge is 2.69. The van der Waals surface area contributed by atoms with Gasteiger partial charge in [0.1, 0.15) is 0 Å². The molecule has 1 heteroatoms. The predicted octanol–water partition coefficient (Wildman–Crippen LogP) is 1.10. The molecule has 0 radical (unpaired) electrons. The molecular formula is C11H14N+. The number of hydrogen-bond acceptors (Lipinski definition) is 0. The van der Waals surface area contributed by atoms with Gasteiger partial charge in [0.05, 0.1) is 5.54 Å².